The molecule has 0 aliphatic carbocycles. The van der Waals surface area contributed by atoms with Gasteiger partial charge in [0, 0.05) is 16.0 Å². The van der Waals surface area contributed by atoms with Gasteiger partial charge in [-0.1, -0.05) is 48.0 Å². The van der Waals surface area contributed by atoms with Crippen LogP contribution in [-0.2, 0) is 0 Å². The monoisotopic (exact) mass is 384 g/mol. The first kappa shape index (κ1) is 18.2. The molecule has 0 aliphatic heterocycles. The number of amides is 1. The third-order valence-electron chi connectivity index (χ3n) is 3.78. The molecule has 0 saturated heterocycles. The van der Waals surface area contributed by atoms with Gasteiger partial charge in [0.25, 0.3) is 5.91 Å². The summed E-state index contributed by atoms with van der Waals surface area (Å²) in [6, 6.07) is 18.3. The van der Waals surface area contributed by atoms with Gasteiger partial charge in [-0.25, -0.2) is 0 Å². The third-order valence-corrected chi connectivity index (χ3v) is 4.31. The summed E-state index contributed by atoms with van der Waals surface area (Å²) in [6.45, 7) is 2.44. The Morgan fingerprint density at radius 3 is 2.58 bits per heavy atom. The molecule has 3 aromatic rings. The van der Waals surface area contributed by atoms with Gasteiger partial charge in [0.05, 0.1) is 12.3 Å². The van der Waals surface area contributed by atoms with Crippen molar-refractivity contribution in [1.29, 1.82) is 0 Å². The summed E-state index contributed by atoms with van der Waals surface area (Å²) < 4.78 is 5.55. The van der Waals surface area contributed by atoms with Crippen LogP contribution in [0, 0.1) is 0 Å². The van der Waals surface area contributed by atoms with Crippen molar-refractivity contribution in [2.45, 2.75) is 6.92 Å². The Balaban J connectivity index is 1.79. The van der Waals surface area contributed by atoms with Crippen molar-refractivity contribution in [3.8, 4) is 5.75 Å². The van der Waals surface area contributed by atoms with E-state index in [9.17, 15) is 4.79 Å². The lowest BCUT2D eigenvalue weighted by molar-refractivity contribution is 0.0979. The number of hydrogen-bond donors (Lipinski definition) is 2. The lowest BCUT2D eigenvalue weighted by Crippen LogP contribution is -2.34. The smallest absolute Gasteiger partial charge is 0.258 e. The van der Waals surface area contributed by atoms with Crippen molar-refractivity contribution in [2.75, 3.05) is 11.9 Å². The number of anilines is 1. The van der Waals surface area contributed by atoms with E-state index >= 15 is 0 Å². The van der Waals surface area contributed by atoms with Crippen LogP contribution < -0.4 is 15.4 Å². The maximum Gasteiger partial charge on any atom is 0.258 e. The van der Waals surface area contributed by atoms with Gasteiger partial charge in [-0.2, -0.15) is 0 Å². The molecule has 0 aromatic heterocycles. The highest BCUT2D eigenvalue weighted by molar-refractivity contribution is 7.80. The highest BCUT2D eigenvalue weighted by Gasteiger charge is 2.13. The zero-order chi connectivity index (χ0) is 18.5. The summed E-state index contributed by atoms with van der Waals surface area (Å²) in [7, 11) is 0. The van der Waals surface area contributed by atoms with Crippen LogP contribution in [0.3, 0.4) is 0 Å². The molecule has 0 saturated carbocycles. The summed E-state index contributed by atoms with van der Waals surface area (Å²) in [5.41, 5.74) is 1.20. The largest absolute Gasteiger partial charge is 0.492 e. The predicted molar refractivity (Wildman–Crippen MR) is 110 cm³/mol. The molecule has 0 aliphatic rings. The molecule has 0 heterocycles. The summed E-state index contributed by atoms with van der Waals surface area (Å²) in [6.07, 6.45) is 0. The number of carbonyl (C=O) groups is 1. The number of ether oxygens (including phenoxy) is 1. The average molecular weight is 385 g/mol. The molecule has 0 fully saturated rings. The van der Waals surface area contributed by atoms with Crippen LogP contribution in [0.25, 0.3) is 10.8 Å². The molecule has 0 bridgehead atoms. The lowest BCUT2D eigenvalue weighted by Gasteiger charge is -2.14. The number of rotatable bonds is 4. The molecule has 0 spiro atoms. The van der Waals surface area contributed by atoms with E-state index < -0.39 is 0 Å². The molecule has 0 unspecified atom stereocenters. The van der Waals surface area contributed by atoms with Crippen LogP contribution in [0.5, 0.6) is 5.75 Å². The zero-order valence-electron chi connectivity index (χ0n) is 14.1. The molecule has 3 rings (SSSR count). The van der Waals surface area contributed by atoms with Crippen LogP contribution in [0.2, 0.25) is 5.02 Å². The molecule has 1 amide bonds. The van der Waals surface area contributed by atoms with E-state index in [4.69, 9.17) is 28.6 Å². The van der Waals surface area contributed by atoms with Gasteiger partial charge in [0.1, 0.15) is 5.75 Å². The highest BCUT2D eigenvalue weighted by atomic mass is 35.5. The van der Waals surface area contributed by atoms with E-state index in [1.54, 1.807) is 18.2 Å². The normalized spacial score (nSPS) is 10.4. The molecule has 6 heteroatoms. The maximum absolute atomic E-state index is 12.7. The Hall–Kier alpha value is -2.63. The Labute approximate surface area is 162 Å². The van der Waals surface area contributed by atoms with Gasteiger partial charge in [0.15, 0.2) is 5.11 Å². The fourth-order valence-electron chi connectivity index (χ4n) is 2.64. The molecule has 0 atom stereocenters. The van der Waals surface area contributed by atoms with Gasteiger partial charge in [-0.3, -0.25) is 10.1 Å². The van der Waals surface area contributed by atoms with Crippen molar-refractivity contribution in [3.05, 3.63) is 71.2 Å². The second-order valence-electron chi connectivity index (χ2n) is 5.48. The zero-order valence-corrected chi connectivity index (χ0v) is 15.7. The topological polar surface area (TPSA) is 50.4 Å². The molecule has 2 N–H and O–H groups in total. The second-order valence-corrected chi connectivity index (χ2v) is 6.29. The minimum atomic E-state index is -0.302. The van der Waals surface area contributed by atoms with Gasteiger partial charge < -0.3 is 10.1 Å². The first-order valence-corrected chi connectivity index (χ1v) is 8.90. The Morgan fingerprint density at radius 2 is 1.77 bits per heavy atom. The van der Waals surface area contributed by atoms with Gasteiger partial charge in [-0.05, 0) is 48.8 Å². The van der Waals surface area contributed by atoms with Crippen molar-refractivity contribution in [3.63, 3.8) is 0 Å². The first-order valence-electron chi connectivity index (χ1n) is 8.11. The minimum absolute atomic E-state index is 0.196. The Morgan fingerprint density at radius 1 is 1.04 bits per heavy atom. The number of benzene rings is 3. The van der Waals surface area contributed by atoms with Crippen molar-refractivity contribution in [2.24, 2.45) is 0 Å². The fraction of sp³-hybridized carbons (Fsp3) is 0.100. The van der Waals surface area contributed by atoms with Crippen molar-refractivity contribution in [1.82, 2.24) is 5.32 Å². The van der Waals surface area contributed by atoms with Crippen LogP contribution in [0.1, 0.15) is 17.3 Å². The van der Waals surface area contributed by atoms with Crippen LogP contribution >= 0.6 is 23.8 Å². The second kappa shape index (κ2) is 8.17. The Kier molecular flexibility index (Phi) is 5.71. The molecule has 0 radical (unpaired) electrons. The van der Waals surface area contributed by atoms with E-state index in [0.29, 0.717) is 28.6 Å². The van der Waals surface area contributed by atoms with E-state index in [0.717, 1.165) is 10.8 Å². The lowest BCUT2D eigenvalue weighted by atomic mass is 10.0. The number of fused-ring (bicyclic) bond motifs is 1. The molecular weight excluding hydrogens is 368 g/mol. The van der Waals surface area contributed by atoms with Crippen LogP contribution in [0.4, 0.5) is 5.69 Å². The van der Waals surface area contributed by atoms with Gasteiger partial charge in [-0.15, -0.1) is 0 Å². The van der Waals surface area contributed by atoms with Crippen molar-refractivity contribution >= 4 is 51.3 Å². The standard InChI is InChI=1S/C20H17ClN2O2S/c1-2-25-18-12-4-3-11-17(18)22-20(26)23-19(24)15-9-5-8-14-13(15)7-6-10-16(14)21/h3-12H,2H2,1H3,(H2,22,23,24,26). The van der Waals surface area contributed by atoms with E-state index in [1.165, 1.54) is 0 Å². The first-order chi connectivity index (χ1) is 12.6. The SMILES string of the molecule is CCOc1ccccc1NC(=S)NC(=O)c1cccc2c(Cl)cccc12. The number of thiocarbonyl (C=S) groups is 1. The maximum atomic E-state index is 12.7. The number of hydrogen-bond acceptors (Lipinski definition) is 3. The summed E-state index contributed by atoms with van der Waals surface area (Å²) in [4.78, 5) is 12.7. The molecule has 26 heavy (non-hydrogen) atoms. The highest BCUT2D eigenvalue weighted by Crippen LogP contribution is 2.26. The van der Waals surface area contributed by atoms with Crippen molar-refractivity contribution < 1.29 is 9.53 Å². The number of nitrogens with one attached hydrogen (secondary N) is 2. The van der Waals surface area contributed by atoms with Gasteiger partial charge >= 0.3 is 0 Å². The molecule has 3 aromatic carbocycles. The summed E-state index contributed by atoms with van der Waals surface area (Å²) >= 11 is 11.5. The van der Waals surface area contributed by atoms with Crippen LogP contribution in [-0.4, -0.2) is 17.6 Å². The molecule has 132 valence electrons. The molecular formula is C20H17ClN2O2S. The Bertz CT molecular complexity index is 975. The van der Waals surface area contributed by atoms with E-state index in [2.05, 4.69) is 10.6 Å². The quantitative estimate of drug-likeness (QED) is 0.620. The predicted octanol–water partition coefficient (Wildman–Crippen LogP) is 5.02. The minimum Gasteiger partial charge on any atom is -0.492 e. The van der Waals surface area contributed by atoms with Crippen LogP contribution in [0.15, 0.2) is 60.7 Å². The summed E-state index contributed by atoms with van der Waals surface area (Å²) in [5.74, 6) is 0.368. The average Bonchev–Trinajstić information content (AvgIpc) is 2.63. The third kappa shape index (κ3) is 3.95. The summed E-state index contributed by atoms with van der Waals surface area (Å²) in [5, 5.41) is 8.10. The fourth-order valence-corrected chi connectivity index (χ4v) is 3.09. The van der Waals surface area contributed by atoms with E-state index in [1.807, 2.05) is 49.4 Å². The molecule has 4 nitrogen and oxygen atoms in total. The van der Waals surface area contributed by atoms with Gasteiger partial charge in [0.2, 0.25) is 0 Å². The van der Waals surface area contributed by atoms with E-state index in [-0.39, 0.29) is 11.0 Å². The number of para-hydroxylation sites is 2. The number of halogens is 1. The number of carbonyl (C=O) groups excluding carboxylic acids is 1.